The van der Waals surface area contributed by atoms with Crippen molar-refractivity contribution in [3.8, 4) is 0 Å². The van der Waals surface area contributed by atoms with Gasteiger partial charge in [-0.05, 0) is 0 Å². The quantitative estimate of drug-likeness (QED) is 0.256. The molecule has 0 amide bonds. The first-order valence-electron chi connectivity index (χ1n) is 6.17. The minimum Gasteiger partial charge on any atom is -0.394 e. The highest BCUT2D eigenvalue weighted by Crippen LogP contribution is 2.31. The lowest BCUT2D eigenvalue weighted by Gasteiger charge is -2.45. The van der Waals surface area contributed by atoms with Gasteiger partial charge in [-0.1, -0.05) is 0 Å². The molecule has 118 valence electrons. The molecule has 1 saturated heterocycles. The van der Waals surface area contributed by atoms with Gasteiger partial charge >= 0.3 is 0 Å². The summed E-state index contributed by atoms with van der Waals surface area (Å²) in [5.74, 6) is -2.82. The SMILES string of the molecule is N[C@H]1[C@H]([C@H](O)[C@H](O)CO)O[C@](O)(CC(=O)CO)C[C@@H]1O. The topological polar surface area (TPSA) is 174 Å². The predicted octanol–water partition coefficient (Wildman–Crippen LogP) is -4.18. The molecule has 0 spiro atoms. The van der Waals surface area contributed by atoms with Crippen molar-refractivity contribution in [1.29, 1.82) is 0 Å². The highest BCUT2D eigenvalue weighted by Gasteiger charge is 2.48. The molecular formula is C11H21NO8. The smallest absolute Gasteiger partial charge is 0.175 e. The van der Waals surface area contributed by atoms with Crippen LogP contribution in [0, 0.1) is 0 Å². The normalized spacial score (nSPS) is 37.5. The summed E-state index contributed by atoms with van der Waals surface area (Å²) in [6.07, 6.45) is -6.86. The van der Waals surface area contributed by atoms with Crippen molar-refractivity contribution in [1.82, 2.24) is 0 Å². The zero-order chi connectivity index (χ0) is 15.5. The van der Waals surface area contributed by atoms with Gasteiger partial charge < -0.3 is 41.1 Å². The van der Waals surface area contributed by atoms with Crippen LogP contribution in [0.15, 0.2) is 0 Å². The van der Waals surface area contributed by atoms with E-state index < -0.39 is 61.7 Å². The van der Waals surface area contributed by atoms with Gasteiger partial charge in [-0.15, -0.1) is 0 Å². The summed E-state index contributed by atoms with van der Waals surface area (Å²) >= 11 is 0. The molecule has 1 heterocycles. The van der Waals surface area contributed by atoms with E-state index in [1.165, 1.54) is 0 Å². The van der Waals surface area contributed by atoms with Crippen LogP contribution in [0.4, 0.5) is 0 Å². The number of hydrogen-bond donors (Lipinski definition) is 7. The van der Waals surface area contributed by atoms with Crippen LogP contribution in [0.2, 0.25) is 0 Å². The van der Waals surface area contributed by atoms with E-state index in [9.17, 15) is 25.2 Å². The van der Waals surface area contributed by atoms with Crippen LogP contribution in [0.5, 0.6) is 0 Å². The molecule has 0 saturated carbocycles. The second-order valence-corrected chi connectivity index (χ2v) is 4.99. The zero-order valence-electron chi connectivity index (χ0n) is 10.8. The number of carbonyl (C=O) groups is 1. The van der Waals surface area contributed by atoms with Crippen LogP contribution >= 0.6 is 0 Å². The average molecular weight is 295 g/mol. The second kappa shape index (κ2) is 6.87. The number of carbonyl (C=O) groups excluding carboxylic acids is 1. The Morgan fingerprint density at radius 3 is 2.50 bits per heavy atom. The number of rotatable bonds is 6. The van der Waals surface area contributed by atoms with Gasteiger partial charge in [0.2, 0.25) is 0 Å². The first-order chi connectivity index (χ1) is 9.24. The van der Waals surface area contributed by atoms with Crippen molar-refractivity contribution in [2.24, 2.45) is 5.73 Å². The maximum Gasteiger partial charge on any atom is 0.175 e. The van der Waals surface area contributed by atoms with Gasteiger partial charge in [0.1, 0.15) is 24.9 Å². The first-order valence-corrected chi connectivity index (χ1v) is 6.17. The third kappa shape index (κ3) is 3.93. The van der Waals surface area contributed by atoms with Crippen molar-refractivity contribution in [2.75, 3.05) is 13.2 Å². The molecule has 8 N–H and O–H groups in total. The molecule has 1 aliphatic heterocycles. The second-order valence-electron chi connectivity index (χ2n) is 4.99. The number of nitrogens with two attached hydrogens (primary N) is 1. The molecule has 0 unspecified atom stereocenters. The Kier molecular flexibility index (Phi) is 5.98. The summed E-state index contributed by atoms with van der Waals surface area (Å²) in [5, 5.41) is 56.5. The van der Waals surface area contributed by atoms with Gasteiger partial charge in [0.15, 0.2) is 11.6 Å². The molecule has 1 fully saturated rings. The van der Waals surface area contributed by atoms with Gasteiger partial charge in [0.25, 0.3) is 0 Å². The van der Waals surface area contributed by atoms with Crippen molar-refractivity contribution >= 4 is 5.78 Å². The highest BCUT2D eigenvalue weighted by atomic mass is 16.6. The Balaban J connectivity index is 2.86. The van der Waals surface area contributed by atoms with E-state index in [4.69, 9.17) is 20.7 Å². The fourth-order valence-electron chi connectivity index (χ4n) is 2.16. The van der Waals surface area contributed by atoms with Gasteiger partial charge in [-0.25, -0.2) is 0 Å². The van der Waals surface area contributed by atoms with Gasteiger partial charge in [0.05, 0.1) is 25.2 Å². The molecule has 1 rings (SSSR count). The lowest BCUT2D eigenvalue weighted by Crippen LogP contribution is -2.64. The Labute approximate surface area is 115 Å². The molecule has 0 aromatic rings. The van der Waals surface area contributed by atoms with Crippen LogP contribution in [0.1, 0.15) is 12.8 Å². The van der Waals surface area contributed by atoms with E-state index in [0.717, 1.165) is 0 Å². The molecule has 0 aromatic carbocycles. The van der Waals surface area contributed by atoms with E-state index in [2.05, 4.69) is 0 Å². The first kappa shape index (κ1) is 17.4. The summed E-state index contributed by atoms with van der Waals surface area (Å²) in [6, 6.07) is -1.12. The number of hydrogen-bond acceptors (Lipinski definition) is 9. The maximum absolute atomic E-state index is 11.2. The standard InChI is InChI=1S/C11H21NO8/c12-8-6(16)2-11(19,1-5(15)3-13)20-10(8)9(18)7(17)4-14/h6-10,13-14,16-19H,1-4,12H2/t6-,7+,8+,9+,10+,11+/m0/s1. The Morgan fingerprint density at radius 2 is 2.00 bits per heavy atom. The summed E-state index contributed by atoms with van der Waals surface area (Å²) in [4.78, 5) is 11.2. The minimum atomic E-state index is -2.10. The van der Waals surface area contributed by atoms with Crippen molar-refractivity contribution in [2.45, 2.75) is 49.1 Å². The van der Waals surface area contributed by atoms with E-state index in [1.807, 2.05) is 0 Å². The molecule has 1 aliphatic rings. The van der Waals surface area contributed by atoms with Gasteiger partial charge in [-0.2, -0.15) is 0 Å². The lowest BCUT2D eigenvalue weighted by molar-refractivity contribution is -0.298. The third-order valence-corrected chi connectivity index (χ3v) is 3.27. The molecule has 0 aliphatic carbocycles. The number of Topliss-reactive ketones (excluding diaryl/α,β-unsaturated/α-hetero) is 1. The number of aliphatic hydroxyl groups is 6. The van der Waals surface area contributed by atoms with Crippen LogP contribution in [0.3, 0.4) is 0 Å². The van der Waals surface area contributed by atoms with Crippen LogP contribution in [-0.2, 0) is 9.53 Å². The van der Waals surface area contributed by atoms with E-state index in [-0.39, 0.29) is 6.42 Å². The fraction of sp³-hybridized carbons (Fsp3) is 0.909. The van der Waals surface area contributed by atoms with Gasteiger partial charge in [0, 0.05) is 6.42 Å². The monoisotopic (exact) mass is 295 g/mol. The minimum absolute atomic E-state index is 0.377. The summed E-state index contributed by atoms with van der Waals surface area (Å²) in [5.41, 5.74) is 5.63. The predicted molar refractivity (Wildman–Crippen MR) is 64.2 cm³/mol. The Hall–Kier alpha value is -0.650. The number of ketones is 1. The van der Waals surface area contributed by atoms with E-state index in [0.29, 0.717) is 0 Å². The third-order valence-electron chi connectivity index (χ3n) is 3.27. The molecule has 0 radical (unpaired) electrons. The summed E-state index contributed by atoms with van der Waals surface area (Å²) < 4.78 is 5.13. The Bertz CT molecular complexity index is 340. The fourth-order valence-corrected chi connectivity index (χ4v) is 2.16. The molecule has 6 atom stereocenters. The molecule has 0 bridgehead atoms. The highest BCUT2D eigenvalue weighted by molar-refractivity contribution is 5.80. The molecular weight excluding hydrogens is 274 g/mol. The number of ether oxygens (including phenoxy) is 1. The van der Waals surface area contributed by atoms with Crippen molar-refractivity contribution < 1.29 is 40.2 Å². The molecule has 0 aromatic heterocycles. The van der Waals surface area contributed by atoms with Crippen LogP contribution < -0.4 is 5.73 Å². The molecule has 9 nitrogen and oxygen atoms in total. The maximum atomic E-state index is 11.2. The zero-order valence-corrected chi connectivity index (χ0v) is 10.8. The number of aliphatic hydroxyl groups excluding tert-OH is 5. The lowest BCUT2D eigenvalue weighted by atomic mass is 9.88. The van der Waals surface area contributed by atoms with Crippen molar-refractivity contribution in [3.63, 3.8) is 0 Å². The van der Waals surface area contributed by atoms with Crippen LogP contribution in [-0.4, -0.2) is 85.9 Å². The summed E-state index contributed by atoms with van der Waals surface area (Å²) in [6.45, 7) is -1.57. The Morgan fingerprint density at radius 1 is 1.40 bits per heavy atom. The van der Waals surface area contributed by atoms with E-state index in [1.54, 1.807) is 0 Å². The molecule has 20 heavy (non-hydrogen) atoms. The molecule has 9 heteroatoms. The van der Waals surface area contributed by atoms with Gasteiger partial charge in [-0.3, -0.25) is 4.79 Å². The van der Waals surface area contributed by atoms with Crippen molar-refractivity contribution in [3.05, 3.63) is 0 Å². The average Bonchev–Trinajstić information content (AvgIpc) is 2.40. The largest absolute Gasteiger partial charge is 0.394 e. The van der Waals surface area contributed by atoms with E-state index >= 15 is 0 Å². The summed E-state index contributed by atoms with van der Waals surface area (Å²) in [7, 11) is 0. The van der Waals surface area contributed by atoms with Crippen LogP contribution in [0.25, 0.3) is 0 Å².